The molecule has 2 unspecified atom stereocenters. The van der Waals surface area contributed by atoms with E-state index in [4.69, 9.17) is 10.2 Å². The van der Waals surface area contributed by atoms with Gasteiger partial charge in [0.05, 0.1) is 0 Å². The van der Waals surface area contributed by atoms with Gasteiger partial charge in [0.1, 0.15) is 6.42 Å². The molecular weight excluding hydrogens is 242 g/mol. The summed E-state index contributed by atoms with van der Waals surface area (Å²) in [6, 6.07) is 0. The van der Waals surface area contributed by atoms with Gasteiger partial charge in [-0.05, 0) is 0 Å². The average Bonchev–Trinajstić information content (AvgIpc) is 2.12. The number of hydrogen-bond donors (Lipinski definition) is 2. The second-order valence-electron chi connectivity index (χ2n) is 4.17. The Kier molecular flexibility index (Phi) is 20.9. The molecule has 2 atom stereocenters. The molecule has 0 aromatic heterocycles. The molecule has 0 bridgehead atoms. The molecule has 0 aliphatic rings. The van der Waals surface area contributed by atoms with Gasteiger partial charge >= 0.3 is 132 Å². The second-order valence-corrected chi connectivity index (χ2v) is 4.17. The minimum absolute atomic E-state index is 0. The van der Waals surface area contributed by atoms with E-state index in [1.54, 1.807) is 0 Å². The van der Waals surface area contributed by atoms with Crippen LogP contribution >= 0.6 is 0 Å². The number of hydrogen-bond acceptors (Lipinski definition) is 2. The summed E-state index contributed by atoms with van der Waals surface area (Å²) in [5.41, 5.74) is 0. The van der Waals surface area contributed by atoms with Crippen molar-refractivity contribution in [2.24, 2.45) is 5.92 Å². The van der Waals surface area contributed by atoms with Gasteiger partial charge in [-0.25, -0.2) is 0 Å². The summed E-state index contributed by atoms with van der Waals surface area (Å²) < 4.78 is 0.884. The van der Waals surface area contributed by atoms with Gasteiger partial charge in [0.2, 0.25) is 0 Å². The molecule has 92 valence electrons. The van der Waals surface area contributed by atoms with Crippen LogP contribution < -0.4 is 0 Å². The van der Waals surface area contributed by atoms with E-state index in [0.717, 1.165) is 10.5 Å². The molecule has 0 saturated carbocycles. The zero-order valence-electron chi connectivity index (χ0n) is 10.7. The quantitative estimate of drug-likeness (QED) is 0.565. The SMILES string of the molecule is O=C(O)CC(=O)O.[KH].[Li][CH](C)C(CC)CCC. The molecule has 2 N–H and O–H groups in total. The summed E-state index contributed by atoms with van der Waals surface area (Å²) in [4.78, 5) is 18.9. The van der Waals surface area contributed by atoms with Gasteiger partial charge < -0.3 is 10.2 Å². The van der Waals surface area contributed by atoms with Crippen molar-refractivity contribution in [1.29, 1.82) is 0 Å². The van der Waals surface area contributed by atoms with E-state index in [0.29, 0.717) is 0 Å². The van der Waals surface area contributed by atoms with Gasteiger partial charge in [-0.15, -0.1) is 0 Å². The minimum atomic E-state index is -1.31. The summed E-state index contributed by atoms with van der Waals surface area (Å²) >= 11 is 2.32. The number of rotatable bonds is 6. The van der Waals surface area contributed by atoms with Crippen molar-refractivity contribution in [3.8, 4) is 0 Å². The predicted octanol–water partition coefficient (Wildman–Crippen LogP) is 1.69. The van der Waals surface area contributed by atoms with Crippen molar-refractivity contribution in [2.75, 3.05) is 0 Å². The van der Waals surface area contributed by atoms with Crippen molar-refractivity contribution in [3.05, 3.63) is 0 Å². The maximum atomic E-state index is 9.43. The molecule has 0 heterocycles. The van der Waals surface area contributed by atoms with Crippen LogP contribution in [0.1, 0.15) is 46.5 Å². The van der Waals surface area contributed by atoms with Gasteiger partial charge in [-0.2, -0.15) is 0 Å². The van der Waals surface area contributed by atoms with Gasteiger partial charge in [-0.1, -0.05) is 0 Å². The van der Waals surface area contributed by atoms with Gasteiger partial charge in [0.15, 0.2) is 0 Å². The zero-order valence-corrected chi connectivity index (χ0v) is 10.7. The standard InChI is InChI=1S/C8H17.C3H4O4.K.Li.H/c1-4-7-8(5-2)6-3;4-2(5)1-3(6)7;;;/h5,8H,4,6-7H2,1-3H3;1H2,(H,4,5)(H,6,7);;;. The second kappa shape index (κ2) is 15.2. The molecular formula is C11H22KLiO4. The van der Waals surface area contributed by atoms with E-state index in [2.05, 4.69) is 38.5 Å². The molecule has 0 saturated heterocycles. The van der Waals surface area contributed by atoms with Crippen LogP contribution in [-0.2, 0) is 9.59 Å². The molecule has 0 aliphatic carbocycles. The Morgan fingerprint density at radius 3 is 1.65 bits per heavy atom. The van der Waals surface area contributed by atoms with Gasteiger partial charge in [0.25, 0.3) is 0 Å². The fourth-order valence-electron chi connectivity index (χ4n) is 1.51. The fourth-order valence-corrected chi connectivity index (χ4v) is 1.51. The van der Waals surface area contributed by atoms with Crippen LogP contribution in [0.3, 0.4) is 0 Å². The van der Waals surface area contributed by atoms with E-state index in [1.165, 1.54) is 19.3 Å². The van der Waals surface area contributed by atoms with Crippen LogP contribution in [0.4, 0.5) is 0 Å². The number of carbonyl (C=O) groups is 2. The third-order valence-corrected chi connectivity index (χ3v) is 2.43. The normalized spacial score (nSPS) is 12.5. The van der Waals surface area contributed by atoms with Crippen LogP contribution in [0.15, 0.2) is 0 Å². The Labute approximate surface area is 156 Å². The summed E-state index contributed by atoms with van der Waals surface area (Å²) in [6.07, 6.45) is 3.30. The predicted molar refractivity (Wildman–Crippen MR) is 70.9 cm³/mol. The number of carboxylic acid groups (broad SMARTS) is 2. The third-order valence-electron chi connectivity index (χ3n) is 2.43. The first-order valence-electron chi connectivity index (χ1n) is 5.78. The average molecular weight is 264 g/mol. The zero-order chi connectivity index (χ0) is 13.1. The maximum absolute atomic E-state index is 9.43. The van der Waals surface area contributed by atoms with Crippen molar-refractivity contribution < 1.29 is 19.8 Å². The molecule has 0 aromatic rings. The Bertz CT molecular complexity index is 198. The molecule has 0 spiro atoms. The van der Waals surface area contributed by atoms with Crippen molar-refractivity contribution in [3.63, 3.8) is 0 Å². The molecule has 17 heavy (non-hydrogen) atoms. The first-order chi connectivity index (χ1) is 7.34. The monoisotopic (exact) mass is 264 g/mol. The molecule has 0 aliphatic heterocycles. The Morgan fingerprint density at radius 2 is 1.59 bits per heavy atom. The summed E-state index contributed by atoms with van der Waals surface area (Å²) in [5, 5.41) is 15.4. The Morgan fingerprint density at radius 1 is 1.18 bits per heavy atom. The van der Waals surface area contributed by atoms with E-state index in [9.17, 15) is 9.59 Å². The summed E-state index contributed by atoms with van der Waals surface area (Å²) in [5.74, 6) is -1.66. The van der Waals surface area contributed by atoms with Gasteiger partial charge in [0, 0.05) is 0 Å². The van der Waals surface area contributed by atoms with E-state index >= 15 is 0 Å². The number of carboxylic acids is 2. The summed E-state index contributed by atoms with van der Waals surface area (Å²) in [6.45, 7) is 6.88. The molecule has 0 fully saturated rings. The van der Waals surface area contributed by atoms with Crippen LogP contribution in [0.2, 0.25) is 4.59 Å². The Hall–Kier alpha value is 1.17. The molecule has 0 aromatic carbocycles. The van der Waals surface area contributed by atoms with Crippen LogP contribution in [-0.4, -0.2) is 91.3 Å². The topological polar surface area (TPSA) is 74.6 Å². The van der Waals surface area contributed by atoms with Crippen molar-refractivity contribution in [1.82, 2.24) is 0 Å². The Balaban J connectivity index is -0.000000224. The fraction of sp³-hybridized carbons (Fsp3) is 0.818. The first kappa shape index (κ1) is 23.3. The van der Waals surface area contributed by atoms with Crippen molar-refractivity contribution >= 4 is 81.0 Å². The van der Waals surface area contributed by atoms with E-state index < -0.39 is 18.4 Å². The first-order valence-corrected chi connectivity index (χ1v) is 5.78. The van der Waals surface area contributed by atoms with Crippen LogP contribution in [0, 0.1) is 5.92 Å². The molecule has 0 rings (SSSR count). The molecule has 6 heteroatoms. The van der Waals surface area contributed by atoms with Crippen LogP contribution in [0.25, 0.3) is 0 Å². The molecule has 0 radical (unpaired) electrons. The van der Waals surface area contributed by atoms with Crippen LogP contribution in [0.5, 0.6) is 0 Å². The van der Waals surface area contributed by atoms with Crippen molar-refractivity contribution in [2.45, 2.75) is 51.0 Å². The molecule has 0 amide bonds. The number of aliphatic carboxylic acids is 2. The summed E-state index contributed by atoms with van der Waals surface area (Å²) in [7, 11) is 0. The molecule has 4 nitrogen and oxygen atoms in total. The van der Waals surface area contributed by atoms with E-state index in [1.807, 2.05) is 0 Å². The third kappa shape index (κ3) is 19.7. The van der Waals surface area contributed by atoms with Gasteiger partial charge in [-0.3, -0.25) is 9.59 Å². The van der Waals surface area contributed by atoms with E-state index in [-0.39, 0.29) is 51.4 Å².